The Balaban J connectivity index is 3.17. The van der Waals surface area contributed by atoms with Crippen LogP contribution in [0.2, 0.25) is 0 Å². The molecule has 0 N–H and O–H groups in total. The molecule has 0 bridgehead atoms. The zero-order valence-electron chi connectivity index (χ0n) is 4.44. The first-order chi connectivity index (χ1) is 3.31. The van der Waals surface area contributed by atoms with Crippen LogP contribution in [0, 0.1) is 0 Å². The van der Waals surface area contributed by atoms with Gasteiger partial charge in [-0.15, -0.1) is 0 Å². The number of nitrogens with zero attached hydrogens (tertiary/aromatic N) is 1. The van der Waals surface area contributed by atoms with Gasteiger partial charge in [0.2, 0.25) is 0 Å². The van der Waals surface area contributed by atoms with Gasteiger partial charge in [0.15, 0.2) is 5.90 Å². The van der Waals surface area contributed by atoms with Gasteiger partial charge in [0, 0.05) is 14.0 Å². The highest BCUT2D eigenvalue weighted by atomic mass is 127. The third kappa shape index (κ3) is 4.04. The van der Waals surface area contributed by atoms with Crippen molar-refractivity contribution >= 4 is 28.5 Å². The van der Waals surface area contributed by atoms with Crippen molar-refractivity contribution in [1.82, 2.24) is 0 Å². The summed E-state index contributed by atoms with van der Waals surface area (Å²) in [6.07, 6.45) is 0. The van der Waals surface area contributed by atoms with Crippen molar-refractivity contribution in [3.05, 3.63) is 0 Å². The second-order valence-electron chi connectivity index (χ2n) is 0.996. The molecule has 0 rings (SSSR count). The lowest BCUT2D eigenvalue weighted by molar-refractivity contribution is 0.388. The summed E-state index contributed by atoms with van der Waals surface area (Å²) in [4.78, 5) is 3.77. The van der Waals surface area contributed by atoms with Crippen molar-refractivity contribution in [3.8, 4) is 0 Å². The molecule has 0 spiro atoms. The number of hydrogen-bond donors (Lipinski definition) is 0. The number of ether oxygens (including phenoxy) is 1. The molecule has 0 aliphatic carbocycles. The number of hydrogen-bond acceptors (Lipinski definition) is 2. The van der Waals surface area contributed by atoms with Gasteiger partial charge in [0.1, 0.15) is 4.61 Å². The Bertz CT molecular complexity index is 72.1. The van der Waals surface area contributed by atoms with Gasteiger partial charge in [0.05, 0.1) is 0 Å². The second kappa shape index (κ2) is 4.36. The van der Waals surface area contributed by atoms with Crippen LogP contribution >= 0.6 is 22.6 Å². The van der Waals surface area contributed by atoms with E-state index in [0.29, 0.717) is 4.61 Å². The minimum atomic E-state index is 0.681. The Hall–Kier alpha value is 0.200. The molecule has 2 nitrogen and oxygen atoms in total. The number of rotatable bonds is 1. The maximum Gasteiger partial charge on any atom is 0.180 e. The fourth-order valence-corrected chi connectivity index (χ4v) is 0.594. The lowest BCUT2D eigenvalue weighted by Crippen LogP contribution is -1.94. The van der Waals surface area contributed by atoms with Gasteiger partial charge in [-0.25, -0.2) is 0 Å². The molecule has 0 aliphatic heterocycles. The van der Waals surface area contributed by atoms with Crippen LogP contribution in [0.4, 0.5) is 0 Å². The van der Waals surface area contributed by atoms with Crippen LogP contribution in [0.15, 0.2) is 4.99 Å². The highest BCUT2D eigenvalue weighted by molar-refractivity contribution is 14.1. The van der Waals surface area contributed by atoms with Crippen molar-refractivity contribution in [2.75, 3.05) is 11.7 Å². The third-order valence-corrected chi connectivity index (χ3v) is 0.890. The fraction of sp³-hybridized carbons (Fsp3) is 0.750. The first-order valence-corrected chi connectivity index (χ1v) is 3.46. The van der Waals surface area contributed by atoms with Gasteiger partial charge in [-0.3, -0.25) is 4.99 Å². The van der Waals surface area contributed by atoms with E-state index in [4.69, 9.17) is 4.74 Å². The molecule has 0 saturated heterocycles. The van der Waals surface area contributed by atoms with Crippen LogP contribution in [-0.2, 0) is 4.74 Å². The quantitative estimate of drug-likeness (QED) is 0.279. The summed E-state index contributed by atoms with van der Waals surface area (Å²) >= 11 is 2.12. The highest BCUT2D eigenvalue weighted by Crippen LogP contribution is 1.84. The summed E-state index contributed by atoms with van der Waals surface area (Å²) in [6.45, 7) is 1.83. The lowest BCUT2D eigenvalue weighted by Gasteiger charge is -1.95. The average Bonchev–Trinajstić information content (AvgIpc) is 1.68. The van der Waals surface area contributed by atoms with Crippen LogP contribution in [-0.4, -0.2) is 17.6 Å². The largest absolute Gasteiger partial charge is 0.471 e. The predicted octanol–water partition coefficient (Wildman–Crippen LogP) is 1.44. The summed E-state index contributed by atoms with van der Waals surface area (Å²) in [5.41, 5.74) is 0. The van der Waals surface area contributed by atoms with Crippen molar-refractivity contribution in [1.29, 1.82) is 0 Å². The van der Waals surface area contributed by atoms with Crippen LogP contribution < -0.4 is 0 Å². The van der Waals surface area contributed by atoms with E-state index < -0.39 is 0 Å². The first kappa shape index (κ1) is 7.20. The van der Waals surface area contributed by atoms with E-state index in [9.17, 15) is 0 Å². The van der Waals surface area contributed by atoms with Crippen LogP contribution in [0.1, 0.15) is 6.92 Å². The Kier molecular flexibility index (Phi) is 4.49. The standard InChI is InChI=1S/C4H8INO/c1-4(6-2)7-3-5/h3H2,1-2H3. The molecule has 0 fully saturated rings. The highest BCUT2D eigenvalue weighted by Gasteiger charge is 1.80. The molecule has 0 atom stereocenters. The first-order valence-electron chi connectivity index (χ1n) is 1.93. The minimum Gasteiger partial charge on any atom is -0.471 e. The monoisotopic (exact) mass is 213 g/mol. The summed E-state index contributed by atoms with van der Waals surface area (Å²) in [6, 6.07) is 0. The SMILES string of the molecule is CN=C(C)OCI. The van der Waals surface area contributed by atoms with Gasteiger partial charge in [-0.2, -0.15) is 0 Å². The van der Waals surface area contributed by atoms with Gasteiger partial charge < -0.3 is 4.74 Å². The zero-order valence-corrected chi connectivity index (χ0v) is 6.60. The van der Waals surface area contributed by atoms with Crippen molar-refractivity contribution in [2.45, 2.75) is 6.92 Å². The number of halogens is 1. The van der Waals surface area contributed by atoms with Crippen LogP contribution in [0.25, 0.3) is 0 Å². The van der Waals surface area contributed by atoms with Gasteiger partial charge in [0.25, 0.3) is 0 Å². The van der Waals surface area contributed by atoms with Crippen molar-refractivity contribution in [2.24, 2.45) is 4.99 Å². The second-order valence-corrected chi connectivity index (χ2v) is 1.62. The zero-order chi connectivity index (χ0) is 5.70. The minimum absolute atomic E-state index is 0.681. The fourth-order valence-electron chi connectivity index (χ4n) is 0.144. The topological polar surface area (TPSA) is 21.6 Å². The molecule has 0 aromatic carbocycles. The summed E-state index contributed by atoms with van der Waals surface area (Å²) < 4.78 is 5.61. The molecule has 0 amide bonds. The van der Waals surface area contributed by atoms with E-state index in [1.54, 1.807) is 7.05 Å². The third-order valence-electron chi connectivity index (χ3n) is 0.578. The Morgan fingerprint density at radius 1 is 1.86 bits per heavy atom. The molecule has 7 heavy (non-hydrogen) atoms. The molecule has 0 radical (unpaired) electrons. The van der Waals surface area contributed by atoms with Crippen LogP contribution in [0.5, 0.6) is 0 Å². The van der Waals surface area contributed by atoms with Gasteiger partial charge in [-0.05, 0) is 22.6 Å². The van der Waals surface area contributed by atoms with E-state index >= 15 is 0 Å². The van der Waals surface area contributed by atoms with Crippen molar-refractivity contribution < 1.29 is 4.74 Å². The average molecular weight is 213 g/mol. The van der Waals surface area contributed by atoms with E-state index in [1.165, 1.54) is 0 Å². The molecule has 0 heterocycles. The van der Waals surface area contributed by atoms with E-state index in [1.807, 2.05) is 6.92 Å². The molecule has 0 aromatic rings. The van der Waals surface area contributed by atoms with E-state index in [-0.39, 0.29) is 0 Å². The molecule has 42 valence electrons. The Labute approximate surface area is 57.1 Å². The van der Waals surface area contributed by atoms with Crippen molar-refractivity contribution in [3.63, 3.8) is 0 Å². The van der Waals surface area contributed by atoms with Gasteiger partial charge in [-0.1, -0.05) is 0 Å². The smallest absolute Gasteiger partial charge is 0.180 e. The van der Waals surface area contributed by atoms with Gasteiger partial charge >= 0.3 is 0 Å². The lowest BCUT2D eigenvalue weighted by atomic mass is 10.8. The van der Waals surface area contributed by atoms with Crippen LogP contribution in [0.3, 0.4) is 0 Å². The molecule has 3 heteroatoms. The maximum absolute atomic E-state index is 4.93. The Morgan fingerprint density at radius 2 is 2.43 bits per heavy atom. The number of alkyl halides is 1. The summed E-state index contributed by atoms with van der Waals surface area (Å²) in [7, 11) is 1.71. The molecular formula is C4H8INO. The Morgan fingerprint density at radius 3 is 2.57 bits per heavy atom. The molecular weight excluding hydrogens is 205 g/mol. The normalized spacial score (nSPS) is 11.6. The molecule has 0 aliphatic rings. The predicted molar refractivity (Wildman–Crippen MR) is 39.0 cm³/mol. The summed E-state index contributed by atoms with van der Waals surface area (Å²) in [5.74, 6) is 0.745. The summed E-state index contributed by atoms with van der Waals surface area (Å²) in [5, 5.41) is 0. The van der Waals surface area contributed by atoms with E-state index in [2.05, 4.69) is 27.6 Å². The maximum atomic E-state index is 4.93. The van der Waals surface area contributed by atoms with E-state index in [0.717, 1.165) is 5.90 Å². The number of aliphatic imine (C=N–C) groups is 1. The molecule has 0 saturated carbocycles. The molecule has 0 unspecified atom stereocenters. The molecule has 0 aromatic heterocycles.